The van der Waals surface area contributed by atoms with Crippen molar-refractivity contribution in [2.45, 2.75) is 39.3 Å². The van der Waals surface area contributed by atoms with Crippen molar-refractivity contribution in [2.24, 2.45) is 5.92 Å². The lowest BCUT2D eigenvalue weighted by molar-refractivity contribution is -0.127. The van der Waals surface area contributed by atoms with Gasteiger partial charge in [-0.05, 0) is 43.0 Å². The van der Waals surface area contributed by atoms with Crippen molar-refractivity contribution in [2.75, 3.05) is 12.3 Å². The molecular weight excluding hydrogens is 497 g/mol. The van der Waals surface area contributed by atoms with E-state index in [-0.39, 0.29) is 34.8 Å². The molecule has 2 aromatic heterocycles. The van der Waals surface area contributed by atoms with Gasteiger partial charge in [0.05, 0.1) is 18.0 Å². The van der Waals surface area contributed by atoms with Gasteiger partial charge in [-0.1, -0.05) is 38.1 Å². The molecule has 1 aliphatic heterocycles. The first-order chi connectivity index (χ1) is 18.9. The molecule has 4 aromatic rings. The summed E-state index contributed by atoms with van der Waals surface area (Å²) in [7, 11) is 0. The smallest absolute Gasteiger partial charge is 0.264 e. The molecule has 0 unspecified atom stereocenters. The number of nitrogens with two attached hydrogens (primary N) is 1. The Kier molecular flexibility index (Phi) is 7.23. The Balaban J connectivity index is 1.48. The molecule has 10 heteroatoms. The van der Waals surface area contributed by atoms with Crippen LogP contribution in [0.3, 0.4) is 0 Å². The summed E-state index contributed by atoms with van der Waals surface area (Å²) in [5.41, 5.74) is 7.33. The predicted octanol–water partition coefficient (Wildman–Crippen LogP) is 5.10. The number of carbonyl (C=O) groups excluding carboxylic acids is 1. The van der Waals surface area contributed by atoms with Crippen LogP contribution in [0.5, 0.6) is 11.5 Å². The first kappa shape index (κ1) is 25.9. The minimum absolute atomic E-state index is 0.0707. The fourth-order valence-corrected chi connectivity index (χ4v) is 4.86. The van der Waals surface area contributed by atoms with Crippen LogP contribution in [0.2, 0.25) is 0 Å². The lowest BCUT2D eigenvalue weighted by atomic mass is 10.1. The van der Waals surface area contributed by atoms with E-state index < -0.39 is 5.82 Å². The number of likely N-dealkylation sites (tertiary alicyclic amines) is 1. The number of rotatable bonds is 7. The molecule has 1 aliphatic rings. The average Bonchev–Trinajstić information content (AvgIpc) is 3.53. The van der Waals surface area contributed by atoms with Gasteiger partial charge in [-0.15, -0.1) is 0 Å². The van der Waals surface area contributed by atoms with Crippen LogP contribution in [0, 0.1) is 23.1 Å². The SMILES string of the molecule is CC(C)/C=C(\C#N)C(=O)N1CCC[C@@H]1Cn1nc(-c2ccc(Oc3ccccc3)cc2F)c2c(N)ncnc21. The number of nitriles is 1. The molecule has 0 radical (unpaired) electrons. The minimum atomic E-state index is -0.534. The Morgan fingerprint density at radius 2 is 2.03 bits per heavy atom. The van der Waals surface area contributed by atoms with Crippen molar-refractivity contribution in [3.8, 4) is 28.8 Å². The van der Waals surface area contributed by atoms with E-state index >= 15 is 4.39 Å². The standard InChI is InChI=1S/C29H28FN7O2/c1-18(2)13-19(15-31)29(38)36-12-6-7-20(36)16-37-28-25(27(32)33-17-34-28)26(35-37)23-11-10-22(14-24(23)30)39-21-8-4-3-5-9-21/h3-5,8-11,13-14,17-18,20H,6-7,12,16H2,1-2H3,(H2,32,33,34)/b19-13+/t20-/m1/s1. The molecule has 198 valence electrons. The number of ether oxygens (including phenoxy) is 1. The fourth-order valence-electron chi connectivity index (χ4n) is 4.86. The molecule has 9 nitrogen and oxygen atoms in total. The highest BCUT2D eigenvalue weighted by molar-refractivity contribution is 5.99. The Morgan fingerprint density at radius 1 is 1.23 bits per heavy atom. The summed E-state index contributed by atoms with van der Waals surface area (Å²) in [5.74, 6) is 0.360. The highest BCUT2D eigenvalue weighted by Crippen LogP contribution is 2.35. The van der Waals surface area contributed by atoms with Crippen LogP contribution in [0.4, 0.5) is 10.2 Å². The number of carbonyl (C=O) groups is 1. The number of anilines is 1. The van der Waals surface area contributed by atoms with Gasteiger partial charge in [-0.25, -0.2) is 19.0 Å². The van der Waals surface area contributed by atoms with Crippen LogP contribution in [0.1, 0.15) is 26.7 Å². The summed E-state index contributed by atoms with van der Waals surface area (Å²) in [4.78, 5) is 23.4. The van der Waals surface area contributed by atoms with Crippen molar-refractivity contribution in [1.82, 2.24) is 24.6 Å². The second-order valence-corrected chi connectivity index (χ2v) is 9.78. The summed E-state index contributed by atoms with van der Waals surface area (Å²) in [5, 5.41) is 14.7. The Labute approximate surface area is 225 Å². The van der Waals surface area contributed by atoms with Crippen LogP contribution >= 0.6 is 0 Å². The van der Waals surface area contributed by atoms with E-state index in [9.17, 15) is 10.1 Å². The summed E-state index contributed by atoms with van der Waals surface area (Å²) >= 11 is 0. The summed E-state index contributed by atoms with van der Waals surface area (Å²) in [6, 6.07) is 15.5. The number of hydrogen-bond donors (Lipinski definition) is 1. The Hall–Kier alpha value is -4.78. The minimum Gasteiger partial charge on any atom is -0.457 e. The molecule has 2 N–H and O–H groups in total. The number of nitrogen functional groups attached to an aromatic ring is 1. The van der Waals surface area contributed by atoms with Crippen molar-refractivity contribution in [3.05, 3.63) is 72.3 Å². The molecule has 0 aliphatic carbocycles. The molecule has 2 aromatic carbocycles. The summed E-state index contributed by atoms with van der Waals surface area (Å²) in [6.45, 7) is 4.71. The van der Waals surface area contributed by atoms with Crippen LogP contribution < -0.4 is 10.5 Å². The maximum absolute atomic E-state index is 15.4. The van der Waals surface area contributed by atoms with Gasteiger partial charge in [0.25, 0.3) is 5.91 Å². The Bertz CT molecular complexity index is 1590. The number of allylic oxidation sites excluding steroid dienone is 1. The molecule has 5 rings (SSSR count). The van der Waals surface area contributed by atoms with Crippen LogP contribution in [0.25, 0.3) is 22.3 Å². The molecule has 1 fully saturated rings. The second kappa shape index (κ2) is 10.9. The highest BCUT2D eigenvalue weighted by atomic mass is 19.1. The summed E-state index contributed by atoms with van der Waals surface area (Å²) < 4.78 is 22.8. The van der Waals surface area contributed by atoms with E-state index in [4.69, 9.17) is 15.6 Å². The van der Waals surface area contributed by atoms with E-state index in [1.807, 2.05) is 38.1 Å². The number of aromatic nitrogens is 4. The Morgan fingerprint density at radius 3 is 2.74 bits per heavy atom. The number of benzene rings is 2. The van der Waals surface area contributed by atoms with E-state index in [1.165, 1.54) is 12.4 Å². The van der Waals surface area contributed by atoms with Gasteiger partial charge in [0.2, 0.25) is 0 Å². The van der Waals surface area contributed by atoms with E-state index in [0.29, 0.717) is 41.3 Å². The van der Waals surface area contributed by atoms with Crippen molar-refractivity contribution < 1.29 is 13.9 Å². The number of para-hydroxylation sites is 1. The number of amides is 1. The van der Waals surface area contributed by atoms with Gasteiger partial charge >= 0.3 is 0 Å². The first-order valence-electron chi connectivity index (χ1n) is 12.8. The average molecular weight is 526 g/mol. The van der Waals surface area contributed by atoms with Gasteiger partial charge in [0, 0.05) is 18.2 Å². The number of hydrogen-bond acceptors (Lipinski definition) is 7. The van der Waals surface area contributed by atoms with Gasteiger partial charge in [0.1, 0.15) is 46.8 Å². The zero-order valence-corrected chi connectivity index (χ0v) is 21.7. The molecule has 39 heavy (non-hydrogen) atoms. The van der Waals surface area contributed by atoms with Crippen molar-refractivity contribution in [3.63, 3.8) is 0 Å². The molecular formula is C29H28FN7O2. The molecule has 3 heterocycles. The maximum Gasteiger partial charge on any atom is 0.264 e. The van der Waals surface area contributed by atoms with Crippen LogP contribution in [0.15, 0.2) is 66.5 Å². The molecule has 0 spiro atoms. The highest BCUT2D eigenvalue weighted by Gasteiger charge is 2.32. The van der Waals surface area contributed by atoms with Gasteiger partial charge in [-0.3, -0.25) is 4.79 Å². The maximum atomic E-state index is 15.4. The molecule has 1 saturated heterocycles. The third-order valence-corrected chi connectivity index (χ3v) is 6.61. The van der Waals surface area contributed by atoms with Crippen molar-refractivity contribution >= 4 is 22.8 Å². The number of halogens is 1. The first-order valence-corrected chi connectivity index (χ1v) is 12.8. The number of nitrogens with zero attached hydrogens (tertiary/aromatic N) is 6. The third-order valence-electron chi connectivity index (χ3n) is 6.61. The molecule has 1 atom stereocenters. The quantitative estimate of drug-likeness (QED) is 0.263. The van der Waals surface area contributed by atoms with E-state index in [2.05, 4.69) is 9.97 Å². The predicted molar refractivity (Wildman–Crippen MR) is 145 cm³/mol. The molecule has 1 amide bonds. The number of fused-ring (bicyclic) bond motifs is 1. The van der Waals surface area contributed by atoms with Gasteiger partial charge < -0.3 is 15.4 Å². The van der Waals surface area contributed by atoms with Crippen molar-refractivity contribution in [1.29, 1.82) is 5.26 Å². The van der Waals surface area contributed by atoms with E-state index in [1.54, 1.807) is 39.9 Å². The van der Waals surface area contributed by atoms with Crippen LogP contribution in [-0.4, -0.2) is 43.1 Å². The lowest BCUT2D eigenvalue weighted by Crippen LogP contribution is -2.39. The molecule has 0 bridgehead atoms. The topological polar surface area (TPSA) is 123 Å². The zero-order valence-electron chi connectivity index (χ0n) is 21.7. The molecule has 0 saturated carbocycles. The van der Waals surface area contributed by atoms with Gasteiger partial charge in [0.15, 0.2) is 5.65 Å². The van der Waals surface area contributed by atoms with Gasteiger partial charge in [-0.2, -0.15) is 10.4 Å². The second-order valence-electron chi connectivity index (χ2n) is 9.78. The van der Waals surface area contributed by atoms with E-state index in [0.717, 1.165) is 12.8 Å². The lowest BCUT2D eigenvalue weighted by Gasteiger charge is -2.24. The monoisotopic (exact) mass is 525 g/mol. The normalized spacial score (nSPS) is 15.6. The third kappa shape index (κ3) is 5.29. The fraction of sp³-hybridized carbons (Fsp3) is 0.276. The largest absolute Gasteiger partial charge is 0.457 e. The zero-order chi connectivity index (χ0) is 27.5. The van der Waals surface area contributed by atoms with Crippen LogP contribution in [-0.2, 0) is 11.3 Å². The summed E-state index contributed by atoms with van der Waals surface area (Å²) in [6.07, 6.45) is 4.56.